The van der Waals surface area contributed by atoms with Crippen LogP contribution in [0.15, 0.2) is 41.2 Å². The minimum atomic E-state index is -0.215. The number of rotatable bonds is 3. The molecular formula is C23H25N3O2S. The van der Waals surface area contributed by atoms with Gasteiger partial charge < -0.3 is 10.3 Å². The van der Waals surface area contributed by atoms with Gasteiger partial charge in [0.15, 0.2) is 4.77 Å². The number of hydrogen-bond donors (Lipinski definition) is 2. The molecule has 1 aliphatic rings. The fraction of sp³-hybridized carbons (Fsp3) is 0.348. The summed E-state index contributed by atoms with van der Waals surface area (Å²) in [7, 11) is 0. The van der Waals surface area contributed by atoms with Crippen LogP contribution in [0, 0.1) is 18.6 Å². The van der Waals surface area contributed by atoms with E-state index in [4.69, 9.17) is 12.2 Å². The van der Waals surface area contributed by atoms with E-state index in [0.29, 0.717) is 21.2 Å². The van der Waals surface area contributed by atoms with Crippen molar-refractivity contribution >= 4 is 34.7 Å². The third-order valence-corrected chi connectivity index (χ3v) is 5.91. The van der Waals surface area contributed by atoms with Gasteiger partial charge >= 0.3 is 0 Å². The third kappa shape index (κ3) is 4.03. The van der Waals surface area contributed by atoms with Gasteiger partial charge in [-0.05, 0) is 80.4 Å². The van der Waals surface area contributed by atoms with E-state index < -0.39 is 0 Å². The van der Waals surface area contributed by atoms with Gasteiger partial charge in [-0.1, -0.05) is 25.3 Å². The highest BCUT2D eigenvalue weighted by molar-refractivity contribution is 7.71. The Balaban J connectivity index is 1.68. The fourth-order valence-electron chi connectivity index (χ4n) is 4.29. The quantitative estimate of drug-likeness (QED) is 0.569. The summed E-state index contributed by atoms with van der Waals surface area (Å²) >= 11 is 5.50. The second kappa shape index (κ2) is 7.95. The van der Waals surface area contributed by atoms with Crippen molar-refractivity contribution in [3.8, 4) is 0 Å². The number of H-pyrrole nitrogens is 1. The molecule has 0 bridgehead atoms. The van der Waals surface area contributed by atoms with E-state index in [1.807, 2.05) is 26.0 Å². The Morgan fingerprint density at radius 2 is 1.76 bits per heavy atom. The lowest BCUT2D eigenvalue weighted by Crippen LogP contribution is -2.28. The first kappa shape index (κ1) is 19.6. The normalized spacial score (nSPS) is 14.8. The van der Waals surface area contributed by atoms with Crippen molar-refractivity contribution in [3.05, 3.63) is 68.2 Å². The molecule has 6 heteroatoms. The number of nitrogens with zero attached hydrogens (tertiary/aromatic N) is 1. The minimum Gasteiger partial charge on any atom is -0.332 e. The van der Waals surface area contributed by atoms with Crippen LogP contribution < -0.4 is 10.9 Å². The lowest BCUT2D eigenvalue weighted by molar-refractivity contribution is 0.102. The maximum atomic E-state index is 13.1. The Morgan fingerprint density at radius 1 is 1.07 bits per heavy atom. The molecule has 3 aromatic rings. The molecule has 150 valence electrons. The Labute approximate surface area is 174 Å². The van der Waals surface area contributed by atoms with Gasteiger partial charge in [0.25, 0.3) is 11.5 Å². The summed E-state index contributed by atoms with van der Waals surface area (Å²) in [5.41, 5.74) is 3.94. The van der Waals surface area contributed by atoms with Gasteiger partial charge in [-0.3, -0.25) is 14.2 Å². The molecule has 0 radical (unpaired) electrons. The average Bonchev–Trinajstić information content (AvgIpc) is 2.67. The summed E-state index contributed by atoms with van der Waals surface area (Å²) in [5.74, 6) is -0.215. The van der Waals surface area contributed by atoms with Gasteiger partial charge in [0, 0.05) is 17.3 Å². The minimum absolute atomic E-state index is 0.0723. The largest absolute Gasteiger partial charge is 0.332 e. The van der Waals surface area contributed by atoms with Crippen LogP contribution in [-0.4, -0.2) is 15.5 Å². The Bertz CT molecular complexity index is 1180. The number of aryl methyl sites for hydroxylation is 2. The van der Waals surface area contributed by atoms with E-state index in [1.54, 1.807) is 22.8 Å². The van der Waals surface area contributed by atoms with Crippen LogP contribution in [0.25, 0.3) is 10.9 Å². The number of carbonyl (C=O) groups excluding carboxylic acids is 1. The van der Waals surface area contributed by atoms with Crippen molar-refractivity contribution in [2.75, 3.05) is 5.32 Å². The number of fused-ring (bicyclic) bond motifs is 1. The summed E-state index contributed by atoms with van der Waals surface area (Å²) in [6.45, 7) is 3.99. The van der Waals surface area contributed by atoms with E-state index in [0.717, 1.165) is 42.5 Å². The van der Waals surface area contributed by atoms with Gasteiger partial charge in [-0.2, -0.15) is 0 Å². The molecule has 5 nitrogen and oxygen atoms in total. The van der Waals surface area contributed by atoms with Crippen LogP contribution in [-0.2, 0) is 0 Å². The molecule has 1 aromatic heterocycles. The molecule has 2 N–H and O–H groups in total. The fourth-order valence-corrected chi connectivity index (χ4v) is 4.64. The zero-order valence-electron chi connectivity index (χ0n) is 16.7. The number of amides is 1. The van der Waals surface area contributed by atoms with Crippen LogP contribution in [0.1, 0.15) is 59.6 Å². The van der Waals surface area contributed by atoms with Crippen molar-refractivity contribution in [1.82, 2.24) is 9.55 Å². The van der Waals surface area contributed by atoms with E-state index in [1.165, 1.54) is 6.42 Å². The van der Waals surface area contributed by atoms with Crippen molar-refractivity contribution in [2.45, 2.75) is 52.0 Å². The SMILES string of the molecule is Cc1cc(C)cc(NC(=O)c2ccc3c(=O)n(C4CCCCC4)c(=S)[nH]c3c2)c1. The molecule has 4 rings (SSSR count). The first-order valence-electron chi connectivity index (χ1n) is 10.1. The molecule has 0 aliphatic heterocycles. The molecule has 0 saturated heterocycles. The molecule has 1 aliphatic carbocycles. The molecule has 1 saturated carbocycles. The number of aromatic nitrogens is 2. The van der Waals surface area contributed by atoms with Gasteiger partial charge in [-0.25, -0.2) is 0 Å². The van der Waals surface area contributed by atoms with Gasteiger partial charge in [0.05, 0.1) is 10.9 Å². The lowest BCUT2D eigenvalue weighted by Gasteiger charge is -2.24. The van der Waals surface area contributed by atoms with Crippen LogP contribution in [0.2, 0.25) is 0 Å². The number of carbonyl (C=O) groups is 1. The van der Waals surface area contributed by atoms with Crippen LogP contribution >= 0.6 is 12.2 Å². The van der Waals surface area contributed by atoms with Crippen molar-refractivity contribution in [2.24, 2.45) is 0 Å². The van der Waals surface area contributed by atoms with Crippen LogP contribution in [0.4, 0.5) is 5.69 Å². The third-order valence-electron chi connectivity index (χ3n) is 5.61. The summed E-state index contributed by atoms with van der Waals surface area (Å²) in [4.78, 5) is 29.0. The van der Waals surface area contributed by atoms with E-state index >= 15 is 0 Å². The monoisotopic (exact) mass is 407 g/mol. The molecular weight excluding hydrogens is 382 g/mol. The average molecular weight is 408 g/mol. The molecule has 0 unspecified atom stereocenters. The summed E-state index contributed by atoms with van der Waals surface area (Å²) in [6, 6.07) is 11.2. The van der Waals surface area contributed by atoms with Gasteiger partial charge in [0.1, 0.15) is 0 Å². The van der Waals surface area contributed by atoms with Crippen molar-refractivity contribution in [1.29, 1.82) is 0 Å². The smallest absolute Gasteiger partial charge is 0.262 e. The Morgan fingerprint density at radius 3 is 2.45 bits per heavy atom. The molecule has 29 heavy (non-hydrogen) atoms. The van der Waals surface area contributed by atoms with Crippen LogP contribution in [0.5, 0.6) is 0 Å². The number of nitrogens with one attached hydrogen (secondary N) is 2. The van der Waals surface area contributed by atoms with Crippen LogP contribution in [0.3, 0.4) is 0 Å². The summed E-state index contributed by atoms with van der Waals surface area (Å²) in [6.07, 6.45) is 5.44. The topological polar surface area (TPSA) is 66.9 Å². The lowest BCUT2D eigenvalue weighted by atomic mass is 9.95. The van der Waals surface area contributed by atoms with Crippen molar-refractivity contribution < 1.29 is 4.79 Å². The number of anilines is 1. The molecule has 1 fully saturated rings. The first-order chi connectivity index (χ1) is 13.9. The highest BCUT2D eigenvalue weighted by atomic mass is 32.1. The number of aromatic amines is 1. The van der Waals surface area contributed by atoms with Gasteiger partial charge in [0.2, 0.25) is 0 Å². The standard InChI is InChI=1S/C23H25N3O2S/c1-14-10-15(2)12-17(11-14)24-21(27)16-8-9-19-20(13-16)25-23(29)26(22(19)28)18-6-4-3-5-7-18/h8-13,18H,3-7H2,1-2H3,(H,24,27)(H,25,29). The zero-order chi connectivity index (χ0) is 20.5. The number of hydrogen-bond acceptors (Lipinski definition) is 3. The highest BCUT2D eigenvalue weighted by Gasteiger charge is 2.19. The Hall–Kier alpha value is -2.73. The maximum Gasteiger partial charge on any atom is 0.262 e. The second-order valence-electron chi connectivity index (χ2n) is 7.99. The summed E-state index contributed by atoms with van der Waals surface area (Å²) in [5, 5.41) is 3.50. The van der Waals surface area contributed by atoms with E-state index in [-0.39, 0.29) is 17.5 Å². The number of benzene rings is 2. The van der Waals surface area contributed by atoms with E-state index in [2.05, 4.69) is 16.4 Å². The molecule has 0 spiro atoms. The van der Waals surface area contributed by atoms with Gasteiger partial charge in [-0.15, -0.1) is 0 Å². The van der Waals surface area contributed by atoms with Crippen molar-refractivity contribution in [3.63, 3.8) is 0 Å². The van der Waals surface area contributed by atoms with E-state index in [9.17, 15) is 9.59 Å². The highest BCUT2D eigenvalue weighted by Crippen LogP contribution is 2.27. The second-order valence-corrected chi connectivity index (χ2v) is 8.37. The first-order valence-corrected chi connectivity index (χ1v) is 10.5. The molecule has 1 heterocycles. The maximum absolute atomic E-state index is 13.1. The molecule has 0 atom stereocenters. The predicted molar refractivity (Wildman–Crippen MR) is 119 cm³/mol. The predicted octanol–water partition coefficient (Wildman–Crippen LogP) is 5.43. The summed E-state index contributed by atoms with van der Waals surface area (Å²) < 4.78 is 2.16. The molecule has 2 aromatic carbocycles. The zero-order valence-corrected chi connectivity index (χ0v) is 17.6. The molecule has 1 amide bonds. The Kier molecular flexibility index (Phi) is 5.37.